The minimum Gasteiger partial charge on any atom is -1.00 e. The molecular weight excluding hydrogens is 572 g/mol. The van der Waals surface area contributed by atoms with Crippen molar-refractivity contribution in [3.63, 3.8) is 0 Å². The van der Waals surface area contributed by atoms with Crippen LogP contribution in [-0.4, -0.2) is 44.0 Å². The van der Waals surface area contributed by atoms with Crippen LogP contribution in [0.1, 0.15) is 62.3 Å². The maximum absolute atomic E-state index is 14.2. The van der Waals surface area contributed by atoms with Crippen LogP contribution in [0, 0.1) is 17.1 Å². The second kappa shape index (κ2) is 15.8. The molecule has 1 amide bonds. The van der Waals surface area contributed by atoms with E-state index in [1.165, 1.54) is 12.1 Å². The zero-order valence-electron chi connectivity index (χ0n) is 26.0. The van der Waals surface area contributed by atoms with E-state index in [4.69, 9.17) is 5.11 Å². The molecule has 224 valence electrons. The Bertz CT molecular complexity index is 1640. The van der Waals surface area contributed by atoms with Crippen molar-refractivity contribution in [3.05, 3.63) is 102 Å². The Labute approximate surface area is 279 Å². The van der Waals surface area contributed by atoms with Gasteiger partial charge in [-0.15, -0.1) is 0 Å². The molecule has 3 aromatic carbocycles. The second-order valence-electron chi connectivity index (χ2n) is 10.7. The fourth-order valence-electron chi connectivity index (χ4n) is 5.37. The summed E-state index contributed by atoms with van der Waals surface area (Å²) >= 11 is 0. The van der Waals surface area contributed by atoms with Crippen molar-refractivity contribution in [1.29, 1.82) is 5.26 Å². The molecule has 1 heterocycles. The zero-order chi connectivity index (χ0) is 31.1. The molecule has 4 rings (SSSR count). The first-order valence-electron chi connectivity index (χ1n) is 14.1. The monoisotopic (exact) mass is 607 g/mol. The molecule has 0 fully saturated rings. The summed E-state index contributed by atoms with van der Waals surface area (Å²) in [7, 11) is 0. The molecule has 0 saturated carbocycles. The van der Waals surface area contributed by atoms with Crippen LogP contribution < -0.4 is 34.9 Å². The van der Waals surface area contributed by atoms with Crippen LogP contribution in [0.4, 0.5) is 10.1 Å². The largest absolute Gasteiger partial charge is 1.00 e. The zero-order valence-corrected chi connectivity index (χ0v) is 27.0. The van der Waals surface area contributed by atoms with Crippen molar-refractivity contribution in [3.8, 4) is 28.3 Å². The number of carboxylic acids is 1. The third kappa shape index (κ3) is 8.44. The van der Waals surface area contributed by atoms with Crippen molar-refractivity contribution in [2.45, 2.75) is 57.8 Å². The van der Waals surface area contributed by atoms with Crippen LogP contribution in [0.15, 0.2) is 78.9 Å². The van der Waals surface area contributed by atoms with E-state index in [0.717, 1.165) is 11.3 Å². The van der Waals surface area contributed by atoms with Gasteiger partial charge in [0.25, 0.3) is 5.91 Å². The molecule has 4 aromatic rings. The van der Waals surface area contributed by atoms with E-state index in [1.54, 1.807) is 36.4 Å². The van der Waals surface area contributed by atoms with E-state index in [-0.39, 0.29) is 56.3 Å². The predicted molar refractivity (Wildman–Crippen MR) is 163 cm³/mol. The maximum atomic E-state index is 14.2. The van der Waals surface area contributed by atoms with Gasteiger partial charge in [-0.05, 0) is 74.6 Å². The summed E-state index contributed by atoms with van der Waals surface area (Å²) in [6.45, 7) is 3.87. The first-order chi connectivity index (χ1) is 20.6. The van der Waals surface area contributed by atoms with Gasteiger partial charge in [0.1, 0.15) is 11.5 Å². The van der Waals surface area contributed by atoms with Crippen LogP contribution in [0.25, 0.3) is 22.3 Å². The molecule has 1 aromatic heterocycles. The number of amides is 1. The SMILES string of the molecule is CC(C)n1c(CC[C@@H](O)C[C@@H](O)CC(=O)O)c(-c2ccc(F)cc2)c(-c2ccccc2)c1C(=O)Nc1cccc(C#N)c1.[H-].[Na+]. The number of carbonyl (C=O) groups is 2. The van der Waals surface area contributed by atoms with Gasteiger partial charge in [-0.3, -0.25) is 9.59 Å². The van der Waals surface area contributed by atoms with E-state index >= 15 is 0 Å². The molecule has 0 aliphatic heterocycles. The first-order valence-corrected chi connectivity index (χ1v) is 14.1. The van der Waals surface area contributed by atoms with Crippen LogP contribution in [0.5, 0.6) is 0 Å². The number of carbonyl (C=O) groups excluding carboxylic acids is 1. The molecule has 0 bridgehead atoms. The standard InChI is InChI=1S/C34H34FN3O5.Na.H/c1-21(2)38-29(16-15-27(39)18-28(40)19-30(41)42)31(24-11-13-25(35)14-12-24)32(23-8-4-3-5-9-23)33(38)34(43)37-26-10-6-7-22(17-26)20-36;;/h3-14,17,21,27-28,39-40H,15-16,18-19H2,1-2H3,(H,37,43)(H,41,42);;/q;+1;-1/t27-,28-;;/m1../s1. The fourth-order valence-corrected chi connectivity index (χ4v) is 5.37. The van der Waals surface area contributed by atoms with Crippen molar-refractivity contribution < 1.29 is 60.3 Å². The Morgan fingerprint density at radius 1 is 0.955 bits per heavy atom. The van der Waals surface area contributed by atoms with E-state index in [9.17, 15) is 29.5 Å². The summed E-state index contributed by atoms with van der Waals surface area (Å²) in [5.74, 6) is -1.97. The molecule has 0 spiro atoms. The molecule has 4 N–H and O–H groups in total. The molecule has 8 nitrogen and oxygen atoms in total. The molecule has 0 radical (unpaired) electrons. The smallest absolute Gasteiger partial charge is 1.00 e. The number of aliphatic carboxylic acids is 1. The minimum absolute atomic E-state index is 0. The number of hydrogen-bond donors (Lipinski definition) is 4. The van der Waals surface area contributed by atoms with E-state index in [0.29, 0.717) is 33.6 Å². The van der Waals surface area contributed by atoms with Crippen LogP contribution in [0.3, 0.4) is 0 Å². The fraction of sp³-hybridized carbons (Fsp3) is 0.265. The number of aromatic nitrogens is 1. The van der Waals surface area contributed by atoms with Gasteiger partial charge in [-0.25, -0.2) is 4.39 Å². The summed E-state index contributed by atoms with van der Waals surface area (Å²) in [5, 5.41) is 42.1. The predicted octanol–water partition coefficient (Wildman–Crippen LogP) is 3.30. The molecule has 0 unspecified atom stereocenters. The number of nitrogens with one attached hydrogen (secondary N) is 1. The number of benzene rings is 3. The number of aliphatic hydroxyl groups is 2. The number of aliphatic hydroxyl groups excluding tert-OH is 2. The summed E-state index contributed by atoms with van der Waals surface area (Å²) in [6, 6.07) is 23.9. The molecule has 2 atom stereocenters. The van der Waals surface area contributed by atoms with Gasteiger partial charge in [0, 0.05) is 28.6 Å². The summed E-state index contributed by atoms with van der Waals surface area (Å²) in [4.78, 5) is 25.2. The van der Waals surface area contributed by atoms with Crippen molar-refractivity contribution >= 4 is 17.6 Å². The normalized spacial score (nSPS) is 12.2. The van der Waals surface area contributed by atoms with Gasteiger partial charge in [-0.1, -0.05) is 48.5 Å². The third-order valence-electron chi connectivity index (χ3n) is 7.15. The van der Waals surface area contributed by atoms with Crippen molar-refractivity contribution in [1.82, 2.24) is 4.57 Å². The van der Waals surface area contributed by atoms with Crippen LogP contribution in [0.2, 0.25) is 0 Å². The summed E-state index contributed by atoms with van der Waals surface area (Å²) in [5.41, 5.74) is 4.70. The number of nitriles is 1. The molecule has 0 aliphatic rings. The number of hydrogen-bond acceptors (Lipinski definition) is 5. The van der Waals surface area contributed by atoms with Gasteiger partial charge in [-0.2, -0.15) is 5.26 Å². The number of halogens is 1. The number of anilines is 1. The molecule has 44 heavy (non-hydrogen) atoms. The average Bonchev–Trinajstić information content (AvgIpc) is 3.32. The Kier molecular flexibility index (Phi) is 12.5. The van der Waals surface area contributed by atoms with Gasteiger partial charge in [0.15, 0.2) is 0 Å². The Balaban J connectivity index is 0.00000353. The van der Waals surface area contributed by atoms with E-state index < -0.39 is 36.3 Å². The van der Waals surface area contributed by atoms with Gasteiger partial charge >= 0.3 is 35.5 Å². The first kappa shape index (κ1) is 34.7. The number of carboxylic acid groups (broad SMARTS) is 1. The Morgan fingerprint density at radius 3 is 2.23 bits per heavy atom. The average molecular weight is 608 g/mol. The number of nitrogens with zero attached hydrogens (tertiary/aromatic N) is 2. The Morgan fingerprint density at radius 2 is 1.61 bits per heavy atom. The van der Waals surface area contributed by atoms with Crippen LogP contribution >= 0.6 is 0 Å². The third-order valence-corrected chi connectivity index (χ3v) is 7.15. The summed E-state index contributed by atoms with van der Waals surface area (Å²) < 4.78 is 16.0. The van der Waals surface area contributed by atoms with Gasteiger partial charge in [0.2, 0.25) is 0 Å². The number of rotatable bonds is 12. The summed E-state index contributed by atoms with van der Waals surface area (Å²) in [6.07, 6.45) is -2.34. The van der Waals surface area contributed by atoms with E-state index in [2.05, 4.69) is 11.4 Å². The van der Waals surface area contributed by atoms with Crippen LogP contribution in [-0.2, 0) is 11.2 Å². The van der Waals surface area contributed by atoms with Crippen molar-refractivity contribution in [2.24, 2.45) is 0 Å². The quantitative estimate of drug-likeness (QED) is 0.183. The second-order valence-corrected chi connectivity index (χ2v) is 10.7. The van der Waals surface area contributed by atoms with Crippen molar-refractivity contribution in [2.75, 3.05) is 5.32 Å². The van der Waals surface area contributed by atoms with Gasteiger partial charge < -0.3 is 26.6 Å². The molecular formula is C34H35FN3NaO5. The Hall–Kier alpha value is -3.78. The molecule has 0 saturated heterocycles. The topological polar surface area (TPSA) is 136 Å². The van der Waals surface area contributed by atoms with E-state index in [1.807, 2.05) is 48.7 Å². The van der Waals surface area contributed by atoms with Gasteiger partial charge in [0.05, 0.1) is 30.3 Å². The maximum Gasteiger partial charge on any atom is 1.00 e. The molecule has 0 aliphatic carbocycles. The minimum atomic E-state index is -1.20. The molecule has 10 heteroatoms.